The number of hydrogen-bond acceptors (Lipinski definition) is 7. The summed E-state index contributed by atoms with van der Waals surface area (Å²) in [6.07, 6.45) is 2.90. The standard InChI is InChI=1S/C25H38O7/c1-7-28-21-13-18(14-22(29-8-2)24(21)30-9-3)25(27)31-15-23(26)32-20-12-17(6)10-11-19(20)16(4)5/h13-14,16-17,19-20H,7-12,15H2,1-6H3. The first-order chi connectivity index (χ1) is 15.3. The van der Waals surface area contributed by atoms with Crippen LogP contribution in [0.25, 0.3) is 0 Å². The van der Waals surface area contributed by atoms with Gasteiger partial charge in [0.15, 0.2) is 18.1 Å². The smallest absolute Gasteiger partial charge is 0.344 e. The topological polar surface area (TPSA) is 80.3 Å². The van der Waals surface area contributed by atoms with E-state index in [-0.39, 0.29) is 11.7 Å². The summed E-state index contributed by atoms with van der Waals surface area (Å²) < 4.78 is 27.9. The fourth-order valence-corrected chi connectivity index (χ4v) is 4.17. The van der Waals surface area contributed by atoms with Gasteiger partial charge >= 0.3 is 11.9 Å². The van der Waals surface area contributed by atoms with Gasteiger partial charge in [-0.05, 0) is 63.5 Å². The van der Waals surface area contributed by atoms with Crippen LogP contribution in [-0.2, 0) is 14.3 Å². The van der Waals surface area contributed by atoms with Gasteiger partial charge in [-0.3, -0.25) is 0 Å². The Balaban J connectivity index is 2.07. The van der Waals surface area contributed by atoms with E-state index in [4.69, 9.17) is 23.7 Å². The lowest BCUT2D eigenvalue weighted by Gasteiger charge is -2.36. The summed E-state index contributed by atoms with van der Waals surface area (Å²) in [5.74, 6) is 1.34. The van der Waals surface area contributed by atoms with E-state index in [1.54, 1.807) is 12.1 Å². The third-order valence-electron chi connectivity index (χ3n) is 5.71. The van der Waals surface area contributed by atoms with Crippen molar-refractivity contribution in [3.63, 3.8) is 0 Å². The van der Waals surface area contributed by atoms with Gasteiger partial charge in [0.05, 0.1) is 25.4 Å². The average Bonchev–Trinajstić information content (AvgIpc) is 2.74. The van der Waals surface area contributed by atoms with Crippen molar-refractivity contribution in [1.82, 2.24) is 0 Å². The number of benzene rings is 1. The summed E-state index contributed by atoms with van der Waals surface area (Å²) in [5, 5.41) is 0. The van der Waals surface area contributed by atoms with Gasteiger partial charge in [0, 0.05) is 0 Å². The van der Waals surface area contributed by atoms with Gasteiger partial charge in [0.25, 0.3) is 0 Å². The maximum absolute atomic E-state index is 12.7. The molecule has 7 nitrogen and oxygen atoms in total. The van der Waals surface area contributed by atoms with Crippen LogP contribution in [0.1, 0.15) is 71.2 Å². The van der Waals surface area contributed by atoms with Crippen molar-refractivity contribution in [3.8, 4) is 17.2 Å². The van der Waals surface area contributed by atoms with Crippen LogP contribution in [-0.4, -0.2) is 44.5 Å². The van der Waals surface area contributed by atoms with Crippen LogP contribution in [0, 0.1) is 17.8 Å². The minimum absolute atomic E-state index is 0.135. The zero-order chi connectivity index (χ0) is 23.7. The van der Waals surface area contributed by atoms with Crippen LogP contribution in [0.4, 0.5) is 0 Å². The van der Waals surface area contributed by atoms with Crippen molar-refractivity contribution in [2.24, 2.45) is 17.8 Å². The summed E-state index contributed by atoms with van der Waals surface area (Å²) in [6, 6.07) is 3.09. The maximum atomic E-state index is 12.7. The van der Waals surface area contributed by atoms with E-state index < -0.39 is 18.5 Å². The van der Waals surface area contributed by atoms with E-state index in [1.165, 1.54) is 0 Å². The van der Waals surface area contributed by atoms with Gasteiger partial charge in [-0.15, -0.1) is 0 Å². The molecule has 0 bridgehead atoms. The van der Waals surface area contributed by atoms with E-state index in [1.807, 2.05) is 20.8 Å². The largest absolute Gasteiger partial charge is 0.490 e. The molecule has 0 saturated heterocycles. The predicted molar refractivity (Wildman–Crippen MR) is 121 cm³/mol. The molecule has 0 aromatic heterocycles. The predicted octanol–water partition coefficient (Wildman–Crippen LogP) is 5.04. The molecule has 0 spiro atoms. The summed E-state index contributed by atoms with van der Waals surface area (Å²) in [5.41, 5.74) is 0.222. The van der Waals surface area contributed by atoms with Crippen LogP contribution in [0.5, 0.6) is 17.2 Å². The first-order valence-corrected chi connectivity index (χ1v) is 11.7. The number of rotatable bonds is 11. The summed E-state index contributed by atoms with van der Waals surface area (Å²) in [7, 11) is 0. The molecule has 3 unspecified atom stereocenters. The van der Waals surface area contributed by atoms with E-state index in [0.717, 1.165) is 19.3 Å². The molecule has 0 aliphatic heterocycles. The highest BCUT2D eigenvalue weighted by Crippen LogP contribution is 2.39. The second-order valence-corrected chi connectivity index (χ2v) is 8.53. The molecule has 1 aliphatic rings. The van der Waals surface area contributed by atoms with E-state index in [0.29, 0.717) is 54.8 Å². The lowest BCUT2D eigenvalue weighted by atomic mass is 9.75. The lowest BCUT2D eigenvalue weighted by Crippen LogP contribution is -2.36. The van der Waals surface area contributed by atoms with E-state index in [9.17, 15) is 9.59 Å². The Kier molecular flexibility index (Phi) is 10.1. The van der Waals surface area contributed by atoms with E-state index >= 15 is 0 Å². The summed E-state index contributed by atoms with van der Waals surface area (Å²) in [4.78, 5) is 25.1. The van der Waals surface area contributed by atoms with Gasteiger partial charge in [0.1, 0.15) is 6.10 Å². The Morgan fingerprint density at radius 3 is 2.09 bits per heavy atom. The van der Waals surface area contributed by atoms with Crippen LogP contribution in [0.2, 0.25) is 0 Å². The van der Waals surface area contributed by atoms with Crippen LogP contribution >= 0.6 is 0 Å². The Bertz CT molecular complexity index is 732. The normalized spacial score (nSPS) is 20.5. The third kappa shape index (κ3) is 7.04. The first kappa shape index (κ1) is 25.8. The quantitative estimate of drug-likeness (QED) is 0.437. The molecule has 0 amide bonds. The molecule has 180 valence electrons. The summed E-state index contributed by atoms with van der Waals surface area (Å²) >= 11 is 0. The molecular weight excluding hydrogens is 412 g/mol. The van der Waals surface area contributed by atoms with Gasteiger partial charge < -0.3 is 23.7 Å². The van der Waals surface area contributed by atoms with Crippen LogP contribution < -0.4 is 14.2 Å². The molecule has 32 heavy (non-hydrogen) atoms. The van der Waals surface area contributed by atoms with Crippen LogP contribution in [0.3, 0.4) is 0 Å². The molecule has 3 atom stereocenters. The Morgan fingerprint density at radius 1 is 0.969 bits per heavy atom. The molecule has 0 N–H and O–H groups in total. The highest BCUT2D eigenvalue weighted by molar-refractivity contribution is 5.92. The minimum Gasteiger partial charge on any atom is -0.490 e. The SMILES string of the molecule is CCOc1cc(C(=O)OCC(=O)OC2CC(C)CCC2C(C)C)cc(OCC)c1OCC. The molecule has 2 rings (SSSR count). The Labute approximate surface area is 191 Å². The van der Waals surface area contributed by atoms with Gasteiger partial charge in [-0.2, -0.15) is 0 Å². The lowest BCUT2D eigenvalue weighted by molar-refractivity contribution is -0.159. The molecule has 1 fully saturated rings. The van der Waals surface area contributed by atoms with Crippen LogP contribution in [0.15, 0.2) is 12.1 Å². The van der Waals surface area contributed by atoms with Crippen molar-refractivity contribution in [1.29, 1.82) is 0 Å². The van der Waals surface area contributed by atoms with Gasteiger partial charge in [-0.25, -0.2) is 9.59 Å². The zero-order valence-electron chi connectivity index (χ0n) is 20.3. The molecular formula is C25H38O7. The molecule has 0 heterocycles. The second kappa shape index (κ2) is 12.6. The summed E-state index contributed by atoms with van der Waals surface area (Å²) in [6.45, 7) is 12.8. The van der Waals surface area contributed by atoms with Crippen molar-refractivity contribution in [2.75, 3.05) is 26.4 Å². The molecule has 1 aliphatic carbocycles. The highest BCUT2D eigenvalue weighted by Gasteiger charge is 2.33. The second-order valence-electron chi connectivity index (χ2n) is 8.53. The molecule has 1 aromatic carbocycles. The molecule has 0 radical (unpaired) electrons. The van der Waals surface area contributed by atoms with Crippen molar-refractivity contribution < 1.29 is 33.3 Å². The number of carbonyl (C=O) groups is 2. The van der Waals surface area contributed by atoms with Gasteiger partial charge in [-0.1, -0.05) is 27.2 Å². The average molecular weight is 451 g/mol. The number of ether oxygens (including phenoxy) is 5. The highest BCUT2D eigenvalue weighted by atomic mass is 16.6. The monoisotopic (exact) mass is 450 g/mol. The molecule has 1 aromatic rings. The van der Waals surface area contributed by atoms with Crippen molar-refractivity contribution >= 4 is 11.9 Å². The zero-order valence-corrected chi connectivity index (χ0v) is 20.3. The fourth-order valence-electron chi connectivity index (χ4n) is 4.17. The van der Waals surface area contributed by atoms with Crippen molar-refractivity contribution in [2.45, 2.75) is 66.9 Å². The van der Waals surface area contributed by atoms with E-state index in [2.05, 4.69) is 20.8 Å². The van der Waals surface area contributed by atoms with Crippen molar-refractivity contribution in [3.05, 3.63) is 17.7 Å². The minimum atomic E-state index is -0.649. The fraction of sp³-hybridized carbons (Fsp3) is 0.680. The molecule has 7 heteroatoms. The Hall–Kier alpha value is -2.44. The first-order valence-electron chi connectivity index (χ1n) is 11.7. The number of carbonyl (C=O) groups excluding carboxylic acids is 2. The molecule has 1 saturated carbocycles. The third-order valence-corrected chi connectivity index (χ3v) is 5.71. The Morgan fingerprint density at radius 2 is 1.56 bits per heavy atom. The maximum Gasteiger partial charge on any atom is 0.344 e. The van der Waals surface area contributed by atoms with Gasteiger partial charge in [0.2, 0.25) is 5.75 Å². The number of hydrogen-bond donors (Lipinski definition) is 0. The number of esters is 2.